The van der Waals surface area contributed by atoms with Crippen LogP contribution in [0.2, 0.25) is 0 Å². The molecule has 2 unspecified atom stereocenters. The fourth-order valence-corrected chi connectivity index (χ4v) is 4.01. The Balaban J connectivity index is 1.56. The van der Waals surface area contributed by atoms with Crippen molar-refractivity contribution >= 4 is 31.9 Å². The van der Waals surface area contributed by atoms with Crippen LogP contribution in [0.3, 0.4) is 0 Å². The lowest BCUT2D eigenvalue weighted by molar-refractivity contribution is -0.107. The smallest absolute Gasteiger partial charge is 0.200 e. The fourth-order valence-electron chi connectivity index (χ4n) is 3.33. The molecule has 0 amide bonds. The first kappa shape index (κ1) is 21.0. The van der Waals surface area contributed by atoms with Crippen molar-refractivity contribution in [1.82, 2.24) is 0 Å². The van der Waals surface area contributed by atoms with E-state index < -0.39 is 0 Å². The van der Waals surface area contributed by atoms with Gasteiger partial charge in [-0.25, -0.2) is 0 Å². The molecule has 5 nitrogen and oxygen atoms in total. The van der Waals surface area contributed by atoms with Gasteiger partial charge in [-0.3, -0.25) is 0 Å². The van der Waals surface area contributed by atoms with E-state index in [1.54, 1.807) is 0 Å². The van der Waals surface area contributed by atoms with Crippen molar-refractivity contribution in [2.24, 2.45) is 0 Å². The minimum absolute atomic E-state index is 0.249. The molecule has 7 heteroatoms. The monoisotopic (exact) mass is 526 g/mol. The molecule has 0 N–H and O–H groups in total. The molecular formula is C22H24Br2O5. The lowest BCUT2D eigenvalue weighted by Crippen LogP contribution is -2.25. The third-order valence-corrected chi connectivity index (χ3v) is 5.81. The van der Waals surface area contributed by atoms with Crippen LogP contribution in [0.5, 0.6) is 23.0 Å². The normalized spacial score (nSPS) is 22.1. The summed E-state index contributed by atoms with van der Waals surface area (Å²) in [7, 11) is 0. The van der Waals surface area contributed by atoms with E-state index in [0.717, 1.165) is 60.7 Å². The van der Waals surface area contributed by atoms with Crippen molar-refractivity contribution in [3.8, 4) is 23.0 Å². The van der Waals surface area contributed by atoms with Crippen LogP contribution in [-0.4, -0.2) is 25.8 Å². The van der Waals surface area contributed by atoms with Crippen LogP contribution in [0.1, 0.15) is 38.5 Å². The van der Waals surface area contributed by atoms with Gasteiger partial charge in [-0.15, -0.1) is 0 Å². The van der Waals surface area contributed by atoms with Crippen molar-refractivity contribution in [2.75, 3.05) is 13.2 Å². The van der Waals surface area contributed by atoms with Crippen LogP contribution in [0.15, 0.2) is 45.3 Å². The maximum absolute atomic E-state index is 6.26. The molecule has 0 spiro atoms. The van der Waals surface area contributed by atoms with Gasteiger partial charge in [0.05, 0.1) is 13.2 Å². The molecule has 29 heavy (non-hydrogen) atoms. The topological polar surface area (TPSA) is 46.2 Å². The highest BCUT2D eigenvalue weighted by atomic mass is 79.9. The van der Waals surface area contributed by atoms with E-state index >= 15 is 0 Å². The van der Waals surface area contributed by atoms with Gasteiger partial charge in [0.25, 0.3) is 0 Å². The molecule has 0 saturated carbocycles. The highest BCUT2D eigenvalue weighted by molar-refractivity contribution is 9.10. The van der Waals surface area contributed by atoms with Crippen LogP contribution in [-0.2, 0) is 9.47 Å². The predicted octanol–water partition coefficient (Wildman–Crippen LogP) is 6.81. The van der Waals surface area contributed by atoms with Gasteiger partial charge >= 0.3 is 0 Å². The third-order valence-electron chi connectivity index (χ3n) is 4.82. The zero-order valence-corrected chi connectivity index (χ0v) is 19.2. The van der Waals surface area contributed by atoms with Crippen LogP contribution in [0.4, 0.5) is 0 Å². The summed E-state index contributed by atoms with van der Waals surface area (Å²) in [6, 6.07) is 11.4. The molecule has 0 aromatic heterocycles. The maximum Gasteiger partial charge on any atom is 0.200 e. The lowest BCUT2D eigenvalue weighted by atomic mass is 10.2. The average Bonchev–Trinajstić information content (AvgIpc) is 2.74. The second-order valence-electron chi connectivity index (χ2n) is 7.11. The van der Waals surface area contributed by atoms with Gasteiger partial charge in [-0.2, -0.15) is 0 Å². The van der Waals surface area contributed by atoms with E-state index in [0.29, 0.717) is 23.0 Å². The third kappa shape index (κ3) is 5.87. The highest BCUT2D eigenvalue weighted by Gasteiger charge is 2.21. The van der Waals surface area contributed by atoms with Gasteiger partial charge in [-0.05, 0) is 62.1 Å². The largest absolute Gasteiger partial charge is 0.461 e. The first-order valence-corrected chi connectivity index (χ1v) is 11.6. The molecular weight excluding hydrogens is 504 g/mol. The molecule has 0 bridgehead atoms. The van der Waals surface area contributed by atoms with Crippen LogP contribution in [0.25, 0.3) is 0 Å². The summed E-state index contributed by atoms with van der Waals surface area (Å²) in [5, 5.41) is 0. The summed E-state index contributed by atoms with van der Waals surface area (Å²) in [5.41, 5.74) is 0. The molecule has 2 fully saturated rings. The lowest BCUT2D eigenvalue weighted by Gasteiger charge is -2.26. The summed E-state index contributed by atoms with van der Waals surface area (Å²) in [4.78, 5) is 0. The van der Waals surface area contributed by atoms with Gasteiger partial charge in [0.1, 0.15) is 0 Å². The first-order chi connectivity index (χ1) is 14.2. The molecule has 2 atom stereocenters. The highest BCUT2D eigenvalue weighted by Crippen LogP contribution is 2.41. The maximum atomic E-state index is 6.26. The van der Waals surface area contributed by atoms with E-state index in [1.165, 1.54) is 0 Å². The van der Waals surface area contributed by atoms with E-state index in [1.807, 2.05) is 36.4 Å². The van der Waals surface area contributed by atoms with Crippen molar-refractivity contribution in [3.05, 3.63) is 45.3 Å². The Labute approximate surface area is 187 Å². The van der Waals surface area contributed by atoms with Crippen LogP contribution >= 0.6 is 31.9 Å². The average molecular weight is 528 g/mol. The number of benzene rings is 2. The van der Waals surface area contributed by atoms with E-state index in [9.17, 15) is 0 Å². The predicted molar refractivity (Wildman–Crippen MR) is 117 cm³/mol. The van der Waals surface area contributed by atoms with Gasteiger partial charge in [-0.1, -0.05) is 31.9 Å². The SMILES string of the molecule is Brc1ccc(OC2CCCCO2)c(Oc2cc(Br)ccc2OC2CCCCO2)c1. The van der Waals surface area contributed by atoms with Crippen molar-refractivity contribution in [1.29, 1.82) is 0 Å². The number of halogens is 2. The van der Waals surface area contributed by atoms with Crippen molar-refractivity contribution in [2.45, 2.75) is 51.1 Å². The molecule has 156 valence electrons. The molecule has 2 aliphatic heterocycles. The quantitative estimate of drug-likeness (QED) is 0.412. The van der Waals surface area contributed by atoms with Crippen LogP contribution in [0, 0.1) is 0 Å². The van der Waals surface area contributed by atoms with Crippen LogP contribution < -0.4 is 14.2 Å². The molecule has 2 aliphatic rings. The van der Waals surface area contributed by atoms with Gasteiger partial charge in [0, 0.05) is 21.8 Å². The van der Waals surface area contributed by atoms with Crippen molar-refractivity contribution in [3.63, 3.8) is 0 Å². The molecule has 4 rings (SSSR count). The number of hydrogen-bond acceptors (Lipinski definition) is 5. The summed E-state index contributed by atoms with van der Waals surface area (Å²) in [5.74, 6) is 2.47. The number of ether oxygens (including phenoxy) is 5. The Morgan fingerprint density at radius 2 is 1.14 bits per heavy atom. The second kappa shape index (κ2) is 10.2. The number of rotatable bonds is 6. The van der Waals surface area contributed by atoms with E-state index in [2.05, 4.69) is 31.9 Å². The molecule has 0 aliphatic carbocycles. The summed E-state index contributed by atoms with van der Waals surface area (Å²) >= 11 is 7.04. The van der Waals surface area contributed by atoms with Gasteiger partial charge < -0.3 is 23.7 Å². The standard InChI is InChI=1S/C22H24Br2O5/c23-15-7-9-17(28-21-5-1-3-11-25-21)19(13-15)27-20-14-16(24)8-10-18(20)29-22-6-2-4-12-26-22/h7-10,13-14,21-22H,1-6,11-12H2. The Morgan fingerprint density at radius 3 is 1.55 bits per heavy atom. The molecule has 2 aromatic carbocycles. The zero-order valence-electron chi connectivity index (χ0n) is 16.1. The molecule has 2 saturated heterocycles. The summed E-state index contributed by atoms with van der Waals surface area (Å²) in [6.45, 7) is 1.45. The van der Waals surface area contributed by atoms with Gasteiger partial charge in [0.15, 0.2) is 35.6 Å². The zero-order chi connectivity index (χ0) is 20.1. The first-order valence-electron chi connectivity index (χ1n) is 10.0. The minimum Gasteiger partial charge on any atom is -0.461 e. The Morgan fingerprint density at radius 1 is 0.655 bits per heavy atom. The van der Waals surface area contributed by atoms with Crippen molar-refractivity contribution < 1.29 is 23.7 Å². The van der Waals surface area contributed by atoms with E-state index in [-0.39, 0.29) is 12.6 Å². The molecule has 2 aromatic rings. The fraction of sp³-hybridized carbons (Fsp3) is 0.455. The Bertz CT molecular complexity index is 749. The Hall–Kier alpha value is -1.28. The van der Waals surface area contributed by atoms with Gasteiger partial charge in [0.2, 0.25) is 0 Å². The molecule has 2 heterocycles. The second-order valence-corrected chi connectivity index (χ2v) is 8.94. The van der Waals surface area contributed by atoms with E-state index in [4.69, 9.17) is 23.7 Å². The Kier molecular flexibility index (Phi) is 7.34. The number of hydrogen-bond donors (Lipinski definition) is 0. The summed E-state index contributed by atoms with van der Waals surface area (Å²) < 4.78 is 31.7. The minimum atomic E-state index is -0.249. The summed E-state index contributed by atoms with van der Waals surface area (Å²) in [6.07, 6.45) is 5.60. The molecule has 0 radical (unpaired) electrons.